The van der Waals surface area contributed by atoms with Crippen LogP contribution in [0, 0.1) is 17.2 Å². The van der Waals surface area contributed by atoms with Crippen molar-refractivity contribution < 1.29 is 14.6 Å². The van der Waals surface area contributed by atoms with E-state index in [1.54, 1.807) is 33.3 Å². The van der Waals surface area contributed by atoms with Crippen molar-refractivity contribution in [2.24, 2.45) is 5.92 Å². The van der Waals surface area contributed by atoms with Crippen molar-refractivity contribution in [1.29, 1.82) is 5.26 Å². The molecule has 0 amide bonds. The number of rotatable bonds is 6. The molecule has 0 fully saturated rings. The van der Waals surface area contributed by atoms with Crippen LogP contribution in [0.1, 0.15) is 38.7 Å². The summed E-state index contributed by atoms with van der Waals surface area (Å²) in [5.74, 6) is 0.920. The first-order chi connectivity index (χ1) is 9.35. The lowest BCUT2D eigenvalue weighted by molar-refractivity contribution is 0.00276. The van der Waals surface area contributed by atoms with Crippen molar-refractivity contribution in [3.8, 4) is 17.6 Å². The van der Waals surface area contributed by atoms with E-state index in [-0.39, 0.29) is 11.8 Å². The smallest absolute Gasteiger partial charge is 0.161 e. The molecule has 0 saturated heterocycles. The molecule has 0 saturated carbocycles. The van der Waals surface area contributed by atoms with Crippen molar-refractivity contribution in [2.75, 3.05) is 14.2 Å². The molecule has 0 aliphatic rings. The zero-order valence-electron chi connectivity index (χ0n) is 12.8. The number of hydrogen-bond acceptors (Lipinski definition) is 4. The third-order valence-corrected chi connectivity index (χ3v) is 3.83. The van der Waals surface area contributed by atoms with E-state index >= 15 is 0 Å². The van der Waals surface area contributed by atoms with Gasteiger partial charge in [0.15, 0.2) is 11.5 Å². The Morgan fingerprint density at radius 2 is 1.85 bits per heavy atom. The third kappa shape index (κ3) is 3.64. The van der Waals surface area contributed by atoms with Gasteiger partial charge in [-0.2, -0.15) is 5.26 Å². The van der Waals surface area contributed by atoms with Gasteiger partial charge in [0, 0.05) is 0 Å². The van der Waals surface area contributed by atoms with Crippen LogP contribution in [0.4, 0.5) is 0 Å². The lowest BCUT2D eigenvalue weighted by atomic mass is 9.81. The van der Waals surface area contributed by atoms with Gasteiger partial charge in [-0.15, -0.1) is 0 Å². The Balaban J connectivity index is 3.05. The summed E-state index contributed by atoms with van der Waals surface area (Å²) >= 11 is 0. The largest absolute Gasteiger partial charge is 0.493 e. The van der Waals surface area contributed by atoms with Gasteiger partial charge in [0.25, 0.3) is 0 Å². The Labute approximate surface area is 120 Å². The van der Waals surface area contributed by atoms with E-state index in [1.165, 1.54) is 0 Å². The second-order valence-electron chi connectivity index (χ2n) is 5.51. The lowest BCUT2D eigenvalue weighted by Gasteiger charge is -2.29. The van der Waals surface area contributed by atoms with Crippen molar-refractivity contribution in [3.63, 3.8) is 0 Å². The van der Waals surface area contributed by atoms with Crippen LogP contribution >= 0.6 is 0 Å². The number of methoxy groups -OCH3 is 2. The third-order valence-electron chi connectivity index (χ3n) is 3.83. The molecule has 0 spiro atoms. The van der Waals surface area contributed by atoms with Gasteiger partial charge in [-0.25, -0.2) is 0 Å². The number of benzene rings is 1. The zero-order valence-corrected chi connectivity index (χ0v) is 12.8. The van der Waals surface area contributed by atoms with Gasteiger partial charge in [0.1, 0.15) is 0 Å². The minimum absolute atomic E-state index is 0.0819. The van der Waals surface area contributed by atoms with E-state index < -0.39 is 5.60 Å². The summed E-state index contributed by atoms with van der Waals surface area (Å²) in [6.45, 7) is 5.66. The molecule has 20 heavy (non-hydrogen) atoms. The SMILES string of the molecule is COc1ccc(C(C#N)CC(C)(O)C(C)C)cc1OC. The van der Waals surface area contributed by atoms with Crippen molar-refractivity contribution in [1.82, 2.24) is 0 Å². The standard InChI is InChI=1S/C16H23NO3/c1-11(2)16(3,18)9-13(10-17)12-6-7-14(19-4)15(8-12)20-5/h6-8,11,13,18H,9H2,1-5H3. The maximum atomic E-state index is 10.4. The highest BCUT2D eigenvalue weighted by Crippen LogP contribution is 2.35. The summed E-state index contributed by atoms with van der Waals surface area (Å²) in [7, 11) is 3.14. The van der Waals surface area contributed by atoms with E-state index in [1.807, 2.05) is 19.9 Å². The van der Waals surface area contributed by atoms with Gasteiger partial charge in [0.05, 0.1) is 31.8 Å². The topological polar surface area (TPSA) is 62.5 Å². The lowest BCUT2D eigenvalue weighted by Crippen LogP contribution is -2.32. The molecule has 0 bridgehead atoms. The summed E-state index contributed by atoms with van der Waals surface area (Å²) in [6, 6.07) is 7.68. The number of ether oxygens (including phenoxy) is 2. The van der Waals surface area contributed by atoms with Crippen LogP contribution in [0.3, 0.4) is 0 Å². The normalized spacial score (nSPS) is 15.3. The Hall–Kier alpha value is -1.73. The first-order valence-electron chi connectivity index (χ1n) is 6.69. The van der Waals surface area contributed by atoms with Gasteiger partial charge < -0.3 is 14.6 Å². The minimum Gasteiger partial charge on any atom is -0.493 e. The molecule has 2 atom stereocenters. The van der Waals surface area contributed by atoms with Crippen molar-refractivity contribution in [2.45, 2.75) is 38.7 Å². The highest BCUT2D eigenvalue weighted by molar-refractivity contribution is 5.45. The Kier molecular flexibility index (Phi) is 5.41. The van der Waals surface area contributed by atoms with Crippen LogP contribution < -0.4 is 9.47 Å². The molecule has 2 unspecified atom stereocenters. The molecule has 0 radical (unpaired) electrons. The average molecular weight is 277 g/mol. The molecule has 1 aromatic carbocycles. The Morgan fingerprint density at radius 1 is 1.25 bits per heavy atom. The Morgan fingerprint density at radius 3 is 2.30 bits per heavy atom. The van der Waals surface area contributed by atoms with E-state index in [0.29, 0.717) is 17.9 Å². The monoisotopic (exact) mass is 277 g/mol. The first kappa shape index (κ1) is 16.3. The van der Waals surface area contributed by atoms with Crippen LogP contribution in [0.5, 0.6) is 11.5 Å². The number of aliphatic hydroxyl groups is 1. The average Bonchev–Trinajstić information content (AvgIpc) is 2.43. The second-order valence-corrected chi connectivity index (χ2v) is 5.51. The van der Waals surface area contributed by atoms with Crippen molar-refractivity contribution >= 4 is 0 Å². The molecule has 0 heterocycles. The molecule has 0 aromatic heterocycles. The highest BCUT2D eigenvalue weighted by atomic mass is 16.5. The summed E-state index contributed by atoms with van der Waals surface area (Å²) in [4.78, 5) is 0. The quantitative estimate of drug-likeness (QED) is 0.867. The molecule has 0 aliphatic heterocycles. The molecule has 4 nitrogen and oxygen atoms in total. The molecule has 4 heteroatoms. The fraction of sp³-hybridized carbons (Fsp3) is 0.562. The maximum absolute atomic E-state index is 10.4. The van der Waals surface area contributed by atoms with E-state index in [4.69, 9.17) is 9.47 Å². The van der Waals surface area contributed by atoms with Gasteiger partial charge >= 0.3 is 0 Å². The molecular formula is C16H23NO3. The molecule has 1 N–H and O–H groups in total. The second kappa shape index (κ2) is 6.62. The predicted molar refractivity (Wildman–Crippen MR) is 78.0 cm³/mol. The van der Waals surface area contributed by atoms with E-state index in [2.05, 4.69) is 6.07 Å². The van der Waals surface area contributed by atoms with Crippen LogP contribution in [0.25, 0.3) is 0 Å². The predicted octanol–water partition coefficient (Wildman–Crippen LogP) is 3.11. The van der Waals surface area contributed by atoms with Crippen LogP contribution in [0.2, 0.25) is 0 Å². The van der Waals surface area contributed by atoms with Gasteiger partial charge in [-0.05, 0) is 37.0 Å². The molecule has 1 aromatic rings. The van der Waals surface area contributed by atoms with Crippen LogP contribution in [0.15, 0.2) is 18.2 Å². The molecule has 0 aliphatic carbocycles. The summed E-state index contributed by atoms with van der Waals surface area (Å²) in [5.41, 5.74) is -0.0563. The maximum Gasteiger partial charge on any atom is 0.161 e. The van der Waals surface area contributed by atoms with Gasteiger partial charge in [-0.3, -0.25) is 0 Å². The number of hydrogen-bond donors (Lipinski definition) is 1. The molecule has 110 valence electrons. The minimum atomic E-state index is -0.881. The van der Waals surface area contributed by atoms with E-state index in [0.717, 1.165) is 5.56 Å². The fourth-order valence-electron chi connectivity index (χ4n) is 1.96. The Bertz CT molecular complexity index is 489. The highest BCUT2D eigenvalue weighted by Gasteiger charge is 2.30. The van der Waals surface area contributed by atoms with Gasteiger partial charge in [-0.1, -0.05) is 19.9 Å². The number of nitrogens with zero attached hydrogens (tertiary/aromatic N) is 1. The van der Waals surface area contributed by atoms with Crippen LogP contribution in [-0.2, 0) is 0 Å². The zero-order chi connectivity index (χ0) is 15.3. The summed E-state index contributed by atoms with van der Waals surface area (Å²) in [5, 5.41) is 19.8. The molecule has 1 rings (SSSR count). The van der Waals surface area contributed by atoms with Crippen molar-refractivity contribution in [3.05, 3.63) is 23.8 Å². The summed E-state index contributed by atoms with van der Waals surface area (Å²) < 4.78 is 10.4. The fourth-order valence-corrected chi connectivity index (χ4v) is 1.96. The van der Waals surface area contributed by atoms with Gasteiger partial charge in [0.2, 0.25) is 0 Å². The number of nitriles is 1. The van der Waals surface area contributed by atoms with E-state index in [9.17, 15) is 10.4 Å². The van der Waals surface area contributed by atoms with Crippen LogP contribution in [-0.4, -0.2) is 24.9 Å². The first-order valence-corrected chi connectivity index (χ1v) is 6.69. The molecular weight excluding hydrogens is 254 g/mol. The summed E-state index contributed by atoms with van der Waals surface area (Å²) in [6.07, 6.45) is 0.386.